The highest BCUT2D eigenvalue weighted by Gasteiger charge is 2.27. The highest BCUT2D eigenvalue weighted by Crippen LogP contribution is 2.34. The zero-order valence-corrected chi connectivity index (χ0v) is 11.2. The predicted molar refractivity (Wildman–Crippen MR) is 69.0 cm³/mol. The summed E-state index contributed by atoms with van der Waals surface area (Å²) in [6, 6.07) is 4.60. The Hall–Kier alpha value is -0.450. The average molecular weight is 302 g/mol. The fourth-order valence-electron chi connectivity index (χ4n) is 2.48. The van der Waals surface area contributed by atoms with Gasteiger partial charge in [-0.1, -0.05) is 15.9 Å². The van der Waals surface area contributed by atoms with Gasteiger partial charge in [-0.2, -0.15) is 0 Å². The summed E-state index contributed by atoms with van der Waals surface area (Å²) in [5.41, 5.74) is 6.71. The number of aliphatic hydroxyl groups is 1. The summed E-state index contributed by atoms with van der Waals surface area (Å²) in [5, 5.41) is 9.46. The molecule has 0 aliphatic heterocycles. The van der Waals surface area contributed by atoms with E-state index in [0.717, 1.165) is 30.2 Å². The zero-order chi connectivity index (χ0) is 12.4. The van der Waals surface area contributed by atoms with Crippen LogP contribution in [0.3, 0.4) is 0 Å². The summed E-state index contributed by atoms with van der Waals surface area (Å²) in [5.74, 6) is 0.0222. The zero-order valence-electron chi connectivity index (χ0n) is 9.57. The van der Waals surface area contributed by atoms with Crippen LogP contribution in [-0.4, -0.2) is 11.2 Å². The fourth-order valence-corrected chi connectivity index (χ4v) is 2.86. The third-order valence-electron chi connectivity index (χ3n) is 3.57. The lowest BCUT2D eigenvalue weighted by Gasteiger charge is -2.30. The molecule has 17 heavy (non-hydrogen) atoms. The summed E-state index contributed by atoms with van der Waals surface area (Å²) in [6.07, 6.45) is 3.08. The van der Waals surface area contributed by atoms with E-state index in [1.54, 1.807) is 12.1 Å². The number of halogens is 2. The molecule has 1 aromatic carbocycles. The summed E-state index contributed by atoms with van der Waals surface area (Å²) < 4.78 is 14.5. The Morgan fingerprint density at radius 1 is 1.29 bits per heavy atom. The van der Waals surface area contributed by atoms with Gasteiger partial charge in [0.1, 0.15) is 5.82 Å². The lowest BCUT2D eigenvalue weighted by Crippen LogP contribution is -2.28. The van der Waals surface area contributed by atoms with E-state index in [0.29, 0.717) is 5.56 Å². The molecular weight excluding hydrogens is 285 g/mol. The van der Waals surface area contributed by atoms with Crippen LogP contribution in [0.15, 0.2) is 22.7 Å². The molecule has 1 atom stereocenters. The van der Waals surface area contributed by atoms with E-state index in [-0.39, 0.29) is 23.9 Å². The molecule has 1 unspecified atom stereocenters. The van der Waals surface area contributed by atoms with Crippen molar-refractivity contribution in [3.8, 4) is 0 Å². The van der Waals surface area contributed by atoms with Gasteiger partial charge in [0.2, 0.25) is 0 Å². The average Bonchev–Trinajstić information content (AvgIpc) is 2.32. The van der Waals surface area contributed by atoms with Gasteiger partial charge < -0.3 is 10.8 Å². The van der Waals surface area contributed by atoms with Gasteiger partial charge in [0.15, 0.2) is 0 Å². The van der Waals surface area contributed by atoms with Crippen molar-refractivity contribution in [2.45, 2.75) is 37.8 Å². The number of hydrogen-bond donors (Lipinski definition) is 2. The predicted octanol–water partition coefficient (Wildman–Crippen LogP) is 3.14. The highest BCUT2D eigenvalue weighted by atomic mass is 79.9. The van der Waals surface area contributed by atoms with E-state index in [1.807, 2.05) is 0 Å². The van der Waals surface area contributed by atoms with Crippen LogP contribution in [0.25, 0.3) is 0 Å². The Morgan fingerprint density at radius 3 is 2.59 bits per heavy atom. The Labute approximate surface area is 109 Å². The number of rotatable bonds is 2. The summed E-state index contributed by atoms with van der Waals surface area (Å²) >= 11 is 3.34. The summed E-state index contributed by atoms with van der Waals surface area (Å²) in [4.78, 5) is 0. The molecule has 2 rings (SSSR count). The van der Waals surface area contributed by atoms with Crippen LogP contribution in [0, 0.1) is 11.7 Å². The molecule has 1 aromatic rings. The molecule has 2 nitrogen and oxygen atoms in total. The van der Waals surface area contributed by atoms with Gasteiger partial charge in [-0.25, -0.2) is 4.39 Å². The smallest absolute Gasteiger partial charge is 0.128 e. The quantitative estimate of drug-likeness (QED) is 0.881. The maximum atomic E-state index is 13.7. The van der Waals surface area contributed by atoms with Crippen molar-refractivity contribution in [2.75, 3.05) is 0 Å². The Kier molecular flexibility index (Phi) is 4.17. The highest BCUT2D eigenvalue weighted by molar-refractivity contribution is 9.10. The molecule has 0 heterocycles. The first-order valence-corrected chi connectivity index (χ1v) is 6.76. The van der Waals surface area contributed by atoms with Gasteiger partial charge in [-0.15, -0.1) is 0 Å². The van der Waals surface area contributed by atoms with Crippen LogP contribution in [-0.2, 0) is 0 Å². The molecule has 0 radical (unpaired) electrons. The van der Waals surface area contributed by atoms with E-state index < -0.39 is 0 Å². The molecule has 94 valence electrons. The third kappa shape index (κ3) is 3.06. The van der Waals surface area contributed by atoms with Crippen LogP contribution in [0.5, 0.6) is 0 Å². The van der Waals surface area contributed by atoms with Crippen molar-refractivity contribution in [1.29, 1.82) is 0 Å². The maximum Gasteiger partial charge on any atom is 0.128 e. The van der Waals surface area contributed by atoms with Crippen molar-refractivity contribution in [1.82, 2.24) is 0 Å². The third-order valence-corrected chi connectivity index (χ3v) is 4.06. The molecule has 3 N–H and O–H groups in total. The molecular formula is C13H17BrFNO. The van der Waals surface area contributed by atoms with Crippen molar-refractivity contribution in [2.24, 2.45) is 11.7 Å². The summed E-state index contributed by atoms with van der Waals surface area (Å²) in [7, 11) is 0. The monoisotopic (exact) mass is 301 g/mol. The number of aliphatic hydroxyl groups excluding tert-OH is 1. The minimum Gasteiger partial charge on any atom is -0.393 e. The molecule has 4 heteroatoms. The molecule has 1 aliphatic rings. The first-order valence-electron chi connectivity index (χ1n) is 5.96. The van der Waals surface area contributed by atoms with Crippen molar-refractivity contribution < 1.29 is 9.50 Å². The van der Waals surface area contributed by atoms with Crippen LogP contribution >= 0.6 is 15.9 Å². The maximum absolute atomic E-state index is 13.7. The second kappa shape index (κ2) is 5.46. The molecule has 0 aromatic heterocycles. The van der Waals surface area contributed by atoms with Gasteiger partial charge in [-0.05, 0) is 49.8 Å². The van der Waals surface area contributed by atoms with E-state index >= 15 is 0 Å². The fraction of sp³-hybridized carbons (Fsp3) is 0.538. The Balaban J connectivity index is 2.13. The molecule has 0 amide bonds. The molecule has 0 saturated heterocycles. The first kappa shape index (κ1) is 13.0. The SMILES string of the molecule is NC(c1cc(Br)ccc1F)C1CCC(O)CC1. The summed E-state index contributed by atoms with van der Waals surface area (Å²) in [6.45, 7) is 0. The van der Waals surface area contributed by atoms with Crippen LogP contribution < -0.4 is 5.73 Å². The number of benzene rings is 1. The standard InChI is InChI=1S/C13H17BrFNO/c14-9-3-6-12(15)11(7-9)13(16)8-1-4-10(17)5-2-8/h3,6-8,10,13,17H,1-2,4-5,16H2. The molecule has 1 saturated carbocycles. The minimum absolute atomic E-state index is 0.203. The Morgan fingerprint density at radius 2 is 1.94 bits per heavy atom. The van der Waals surface area contributed by atoms with Crippen molar-refractivity contribution in [3.05, 3.63) is 34.1 Å². The van der Waals surface area contributed by atoms with E-state index in [1.165, 1.54) is 6.07 Å². The molecule has 1 fully saturated rings. The van der Waals surface area contributed by atoms with Gasteiger partial charge in [0.25, 0.3) is 0 Å². The van der Waals surface area contributed by atoms with Gasteiger partial charge in [0.05, 0.1) is 6.10 Å². The first-order chi connectivity index (χ1) is 8.08. The molecule has 0 bridgehead atoms. The lowest BCUT2D eigenvalue weighted by molar-refractivity contribution is 0.101. The van der Waals surface area contributed by atoms with E-state index in [9.17, 15) is 9.50 Å². The topological polar surface area (TPSA) is 46.2 Å². The number of nitrogens with two attached hydrogens (primary N) is 1. The second-order valence-electron chi connectivity index (χ2n) is 4.76. The van der Waals surface area contributed by atoms with Gasteiger partial charge in [-0.3, -0.25) is 0 Å². The van der Waals surface area contributed by atoms with Crippen LogP contribution in [0.4, 0.5) is 4.39 Å². The number of hydrogen-bond acceptors (Lipinski definition) is 2. The van der Waals surface area contributed by atoms with Crippen molar-refractivity contribution >= 4 is 15.9 Å². The van der Waals surface area contributed by atoms with E-state index in [4.69, 9.17) is 5.73 Å². The second-order valence-corrected chi connectivity index (χ2v) is 5.68. The molecule has 0 spiro atoms. The van der Waals surface area contributed by atoms with Crippen LogP contribution in [0.1, 0.15) is 37.3 Å². The Bertz CT molecular complexity index is 391. The van der Waals surface area contributed by atoms with E-state index in [2.05, 4.69) is 15.9 Å². The van der Waals surface area contributed by atoms with Gasteiger partial charge in [0, 0.05) is 16.1 Å². The van der Waals surface area contributed by atoms with Crippen molar-refractivity contribution in [3.63, 3.8) is 0 Å². The normalized spacial score (nSPS) is 26.8. The molecule has 1 aliphatic carbocycles. The lowest BCUT2D eigenvalue weighted by atomic mass is 9.80. The van der Waals surface area contributed by atoms with Gasteiger partial charge >= 0.3 is 0 Å². The van der Waals surface area contributed by atoms with Crippen LogP contribution in [0.2, 0.25) is 0 Å². The minimum atomic E-state index is -0.278. The largest absolute Gasteiger partial charge is 0.393 e.